The molecule has 0 amide bonds. The summed E-state index contributed by atoms with van der Waals surface area (Å²) < 4.78 is 35.7. The van der Waals surface area contributed by atoms with E-state index in [1.807, 2.05) is 0 Å². The summed E-state index contributed by atoms with van der Waals surface area (Å²) in [6.07, 6.45) is 0.654. The Kier molecular flexibility index (Phi) is 3.49. The van der Waals surface area contributed by atoms with Crippen LogP contribution in [0.15, 0.2) is 24.3 Å². The normalized spacial score (nSPS) is 24.7. The van der Waals surface area contributed by atoms with Crippen LogP contribution in [-0.2, 0) is 9.84 Å². The molecule has 1 heterocycles. The largest absolute Gasteiger partial charge is 0.330 e. The lowest BCUT2D eigenvalue weighted by Crippen LogP contribution is -2.22. The molecule has 1 aliphatic rings. The van der Waals surface area contributed by atoms with Gasteiger partial charge in [0.15, 0.2) is 9.84 Å². The van der Waals surface area contributed by atoms with Crippen molar-refractivity contribution in [3.63, 3.8) is 0 Å². The fraction of sp³-hybridized carbons (Fsp3) is 0.500. The Morgan fingerprint density at radius 3 is 2.47 bits per heavy atom. The molecule has 2 unspecified atom stereocenters. The lowest BCUT2D eigenvalue weighted by molar-refractivity contribution is 0.473. The molecule has 0 aromatic heterocycles. The predicted molar refractivity (Wildman–Crippen MR) is 65.0 cm³/mol. The molecule has 0 aliphatic carbocycles. The van der Waals surface area contributed by atoms with Gasteiger partial charge in [0, 0.05) is 0 Å². The number of hydrogen-bond acceptors (Lipinski definition) is 3. The number of sulfone groups is 1. The van der Waals surface area contributed by atoms with Gasteiger partial charge in [0.1, 0.15) is 5.82 Å². The highest BCUT2D eigenvalue weighted by atomic mass is 32.2. The summed E-state index contributed by atoms with van der Waals surface area (Å²) in [7, 11) is -2.90. The monoisotopic (exact) mass is 257 g/mol. The summed E-state index contributed by atoms with van der Waals surface area (Å²) in [6, 6.07) is 6.17. The molecule has 3 nitrogen and oxygen atoms in total. The molecule has 17 heavy (non-hydrogen) atoms. The van der Waals surface area contributed by atoms with Gasteiger partial charge >= 0.3 is 0 Å². The molecule has 0 saturated carbocycles. The molecule has 2 rings (SSSR count). The Morgan fingerprint density at radius 2 is 2.00 bits per heavy atom. The molecule has 0 spiro atoms. The summed E-state index contributed by atoms with van der Waals surface area (Å²) in [5.41, 5.74) is 6.65. The van der Waals surface area contributed by atoms with Crippen molar-refractivity contribution in [3.8, 4) is 0 Å². The standard InChI is InChI=1S/C12H16FNO2S/c13-11-3-1-9(2-4-11)12(7-14)10-5-6-17(15,16)8-10/h1-4,10,12H,5-8,14H2. The van der Waals surface area contributed by atoms with Crippen LogP contribution in [0.25, 0.3) is 0 Å². The topological polar surface area (TPSA) is 60.2 Å². The highest BCUT2D eigenvalue weighted by Crippen LogP contribution is 2.32. The lowest BCUT2D eigenvalue weighted by atomic mass is 9.86. The second-order valence-corrected chi connectivity index (χ2v) is 6.79. The minimum absolute atomic E-state index is 0.00729. The first-order valence-corrected chi connectivity index (χ1v) is 7.50. The molecular weight excluding hydrogens is 241 g/mol. The fourth-order valence-electron chi connectivity index (χ4n) is 2.45. The third-order valence-electron chi connectivity index (χ3n) is 3.39. The molecule has 1 aromatic carbocycles. The second kappa shape index (κ2) is 4.74. The molecular formula is C12H16FNO2S. The lowest BCUT2D eigenvalue weighted by Gasteiger charge is -2.21. The molecule has 0 radical (unpaired) electrons. The molecule has 1 fully saturated rings. The van der Waals surface area contributed by atoms with E-state index in [-0.39, 0.29) is 29.2 Å². The maximum Gasteiger partial charge on any atom is 0.150 e. The van der Waals surface area contributed by atoms with Crippen LogP contribution in [0.5, 0.6) is 0 Å². The molecule has 1 aliphatic heterocycles. The van der Waals surface area contributed by atoms with Gasteiger partial charge in [-0.05, 0) is 42.5 Å². The molecule has 94 valence electrons. The van der Waals surface area contributed by atoms with Gasteiger partial charge in [0.05, 0.1) is 11.5 Å². The van der Waals surface area contributed by atoms with E-state index in [9.17, 15) is 12.8 Å². The van der Waals surface area contributed by atoms with E-state index in [1.54, 1.807) is 12.1 Å². The van der Waals surface area contributed by atoms with Crippen LogP contribution < -0.4 is 5.73 Å². The van der Waals surface area contributed by atoms with Crippen molar-refractivity contribution in [2.24, 2.45) is 11.7 Å². The Morgan fingerprint density at radius 1 is 1.35 bits per heavy atom. The van der Waals surface area contributed by atoms with E-state index in [2.05, 4.69) is 0 Å². The van der Waals surface area contributed by atoms with E-state index < -0.39 is 9.84 Å². The van der Waals surface area contributed by atoms with Crippen molar-refractivity contribution < 1.29 is 12.8 Å². The Labute approximate surface area is 101 Å². The average Bonchev–Trinajstić information content (AvgIpc) is 2.63. The Hall–Kier alpha value is -0.940. The van der Waals surface area contributed by atoms with E-state index in [4.69, 9.17) is 5.73 Å². The van der Waals surface area contributed by atoms with E-state index in [1.165, 1.54) is 12.1 Å². The highest BCUT2D eigenvalue weighted by molar-refractivity contribution is 7.91. The SMILES string of the molecule is NCC(c1ccc(F)cc1)C1CCS(=O)(=O)C1. The van der Waals surface area contributed by atoms with Crippen LogP contribution in [0.3, 0.4) is 0 Å². The van der Waals surface area contributed by atoms with E-state index in [0.29, 0.717) is 13.0 Å². The zero-order valence-corrected chi connectivity index (χ0v) is 10.3. The van der Waals surface area contributed by atoms with Gasteiger partial charge in [-0.1, -0.05) is 12.1 Å². The Bertz CT molecular complexity index is 484. The van der Waals surface area contributed by atoms with Gasteiger partial charge in [-0.3, -0.25) is 0 Å². The summed E-state index contributed by atoms with van der Waals surface area (Å²) in [4.78, 5) is 0. The molecule has 0 bridgehead atoms. The highest BCUT2D eigenvalue weighted by Gasteiger charge is 2.33. The number of rotatable bonds is 3. The maximum atomic E-state index is 12.8. The van der Waals surface area contributed by atoms with Crippen molar-refractivity contribution in [1.82, 2.24) is 0 Å². The van der Waals surface area contributed by atoms with Crippen molar-refractivity contribution in [2.75, 3.05) is 18.1 Å². The van der Waals surface area contributed by atoms with Gasteiger partial charge in [-0.2, -0.15) is 0 Å². The van der Waals surface area contributed by atoms with Gasteiger partial charge in [0.2, 0.25) is 0 Å². The fourth-order valence-corrected chi connectivity index (χ4v) is 4.33. The summed E-state index contributed by atoms with van der Waals surface area (Å²) in [5.74, 6) is 0.230. The smallest absolute Gasteiger partial charge is 0.150 e. The number of benzene rings is 1. The van der Waals surface area contributed by atoms with Crippen molar-refractivity contribution in [2.45, 2.75) is 12.3 Å². The average molecular weight is 257 g/mol. The third-order valence-corrected chi connectivity index (χ3v) is 5.18. The number of halogens is 1. The zero-order valence-electron chi connectivity index (χ0n) is 9.47. The van der Waals surface area contributed by atoms with Crippen LogP contribution in [0.4, 0.5) is 4.39 Å². The van der Waals surface area contributed by atoms with Crippen molar-refractivity contribution in [1.29, 1.82) is 0 Å². The van der Waals surface area contributed by atoms with Crippen LogP contribution >= 0.6 is 0 Å². The molecule has 2 atom stereocenters. The first kappa shape index (κ1) is 12.5. The van der Waals surface area contributed by atoms with Crippen LogP contribution in [-0.4, -0.2) is 26.5 Å². The third kappa shape index (κ3) is 2.84. The quantitative estimate of drug-likeness (QED) is 0.888. The van der Waals surface area contributed by atoms with Gasteiger partial charge in [-0.25, -0.2) is 12.8 Å². The molecule has 5 heteroatoms. The minimum Gasteiger partial charge on any atom is -0.330 e. The summed E-state index contributed by atoms with van der Waals surface area (Å²) in [5, 5.41) is 0. The first-order valence-electron chi connectivity index (χ1n) is 5.68. The van der Waals surface area contributed by atoms with E-state index >= 15 is 0 Å². The summed E-state index contributed by atoms with van der Waals surface area (Å²) in [6.45, 7) is 0.395. The number of hydrogen-bond donors (Lipinski definition) is 1. The van der Waals surface area contributed by atoms with Gasteiger partial charge < -0.3 is 5.73 Å². The van der Waals surface area contributed by atoms with Gasteiger partial charge in [0.25, 0.3) is 0 Å². The van der Waals surface area contributed by atoms with Crippen LogP contribution in [0.1, 0.15) is 17.9 Å². The van der Waals surface area contributed by atoms with Crippen molar-refractivity contribution in [3.05, 3.63) is 35.6 Å². The molecule has 1 saturated heterocycles. The number of nitrogens with two attached hydrogens (primary N) is 1. The van der Waals surface area contributed by atoms with Crippen LogP contribution in [0.2, 0.25) is 0 Å². The zero-order chi connectivity index (χ0) is 12.5. The van der Waals surface area contributed by atoms with E-state index in [0.717, 1.165) is 5.56 Å². The molecule has 2 N–H and O–H groups in total. The van der Waals surface area contributed by atoms with Crippen LogP contribution in [0, 0.1) is 11.7 Å². The predicted octanol–water partition coefficient (Wildman–Crippen LogP) is 1.30. The van der Waals surface area contributed by atoms with Crippen molar-refractivity contribution >= 4 is 9.84 Å². The minimum atomic E-state index is -2.90. The summed E-state index contributed by atoms with van der Waals surface area (Å²) >= 11 is 0. The maximum absolute atomic E-state index is 12.8. The van der Waals surface area contributed by atoms with Gasteiger partial charge in [-0.15, -0.1) is 0 Å². The Balaban J connectivity index is 2.20. The first-order chi connectivity index (χ1) is 8.02. The second-order valence-electron chi connectivity index (χ2n) is 4.56. The molecule has 1 aromatic rings.